The number of aromatic nitrogens is 3. The van der Waals surface area contributed by atoms with E-state index in [4.69, 9.17) is 4.42 Å². The van der Waals surface area contributed by atoms with E-state index >= 15 is 0 Å². The van der Waals surface area contributed by atoms with E-state index < -0.39 is 0 Å². The predicted octanol–water partition coefficient (Wildman–Crippen LogP) is 3.33. The highest BCUT2D eigenvalue weighted by atomic mass is 35.5. The normalized spacial score (nSPS) is 16.0. The van der Waals surface area contributed by atoms with Gasteiger partial charge in [0.1, 0.15) is 5.76 Å². The van der Waals surface area contributed by atoms with Crippen LogP contribution in [0.5, 0.6) is 0 Å². The first-order valence-electron chi connectivity index (χ1n) is 8.83. The Hall–Kier alpha value is -2.00. The number of aryl methyl sites for hydroxylation is 1. The summed E-state index contributed by atoms with van der Waals surface area (Å²) in [4.78, 5) is 23.4. The Balaban J connectivity index is 0.00000150. The van der Waals surface area contributed by atoms with Gasteiger partial charge in [0.05, 0.1) is 11.8 Å². The maximum absolute atomic E-state index is 13.0. The molecule has 1 unspecified atom stereocenters. The lowest BCUT2D eigenvalue weighted by Gasteiger charge is -2.35. The van der Waals surface area contributed by atoms with E-state index in [0.29, 0.717) is 24.6 Å². The first-order chi connectivity index (χ1) is 13.2. The Kier molecular flexibility index (Phi) is 8.58. The van der Waals surface area contributed by atoms with Crippen molar-refractivity contribution in [2.75, 3.05) is 19.6 Å². The molecule has 7 nitrogen and oxygen atoms in total. The van der Waals surface area contributed by atoms with Gasteiger partial charge < -0.3 is 19.2 Å². The number of thioether (sulfide) groups is 1. The van der Waals surface area contributed by atoms with Crippen LogP contribution < -0.4 is 5.32 Å². The molecule has 3 aromatic rings. The fourth-order valence-corrected chi connectivity index (χ4v) is 3.98. The third-order valence-electron chi connectivity index (χ3n) is 4.57. The number of hydrogen-bond acceptors (Lipinski definition) is 6. The topological polar surface area (TPSA) is 76.2 Å². The molecule has 0 aliphatic carbocycles. The monoisotopic (exact) mass is 455 g/mol. The van der Waals surface area contributed by atoms with Gasteiger partial charge in [-0.05, 0) is 23.8 Å². The minimum Gasteiger partial charge on any atom is -0.455 e. The smallest absolute Gasteiger partial charge is 0.290 e. The Morgan fingerprint density at radius 1 is 1.31 bits per heavy atom. The van der Waals surface area contributed by atoms with E-state index in [2.05, 4.69) is 15.3 Å². The number of carbonyl (C=O) groups is 1. The Bertz CT molecular complexity index is 918. The van der Waals surface area contributed by atoms with Crippen LogP contribution in [0.1, 0.15) is 27.9 Å². The molecule has 0 aromatic carbocycles. The number of hydrogen-bond donors (Lipinski definition) is 1. The SMILES string of the molecule is Cl.Cl.Cn1ccnc1SCc1ccc(C(=O)N2CCNCC2c2cccnc2)o1. The highest BCUT2D eigenvalue weighted by Crippen LogP contribution is 2.26. The summed E-state index contributed by atoms with van der Waals surface area (Å²) >= 11 is 1.58. The van der Waals surface area contributed by atoms with Gasteiger partial charge in [-0.3, -0.25) is 9.78 Å². The number of imidazole rings is 1. The molecule has 1 fully saturated rings. The molecule has 4 rings (SSSR count). The maximum atomic E-state index is 13.0. The van der Waals surface area contributed by atoms with Crippen molar-refractivity contribution in [3.8, 4) is 0 Å². The van der Waals surface area contributed by atoms with E-state index in [1.807, 2.05) is 47.1 Å². The molecule has 0 spiro atoms. The molecule has 1 aliphatic rings. The van der Waals surface area contributed by atoms with Crippen LogP contribution in [-0.2, 0) is 12.8 Å². The summed E-state index contributed by atoms with van der Waals surface area (Å²) in [5, 5.41) is 4.27. The van der Waals surface area contributed by atoms with Gasteiger partial charge in [0, 0.05) is 51.5 Å². The molecule has 0 saturated carbocycles. The third-order valence-corrected chi connectivity index (χ3v) is 5.65. The number of rotatable bonds is 5. The summed E-state index contributed by atoms with van der Waals surface area (Å²) in [7, 11) is 1.95. The van der Waals surface area contributed by atoms with Crippen LogP contribution in [0.15, 0.2) is 58.6 Å². The van der Waals surface area contributed by atoms with Gasteiger partial charge in [0.2, 0.25) is 0 Å². The summed E-state index contributed by atoms with van der Waals surface area (Å²) in [6, 6.07) is 7.48. The molecule has 29 heavy (non-hydrogen) atoms. The van der Waals surface area contributed by atoms with Crippen LogP contribution in [-0.4, -0.2) is 45.0 Å². The van der Waals surface area contributed by atoms with Crippen molar-refractivity contribution in [3.05, 3.63) is 66.1 Å². The van der Waals surface area contributed by atoms with Crippen LogP contribution in [0.4, 0.5) is 0 Å². The summed E-state index contributed by atoms with van der Waals surface area (Å²) in [5.74, 6) is 1.69. The number of piperazine rings is 1. The van der Waals surface area contributed by atoms with E-state index in [1.54, 1.807) is 30.2 Å². The van der Waals surface area contributed by atoms with Crippen molar-refractivity contribution >= 4 is 42.5 Å². The van der Waals surface area contributed by atoms with Gasteiger partial charge in [-0.2, -0.15) is 0 Å². The van der Waals surface area contributed by atoms with Crippen LogP contribution in [0.25, 0.3) is 0 Å². The molecule has 4 heterocycles. The summed E-state index contributed by atoms with van der Waals surface area (Å²) < 4.78 is 7.79. The van der Waals surface area contributed by atoms with Crippen molar-refractivity contribution in [2.24, 2.45) is 7.05 Å². The molecule has 1 aliphatic heterocycles. The van der Waals surface area contributed by atoms with Gasteiger partial charge >= 0.3 is 0 Å². The fourth-order valence-electron chi connectivity index (χ4n) is 3.16. The summed E-state index contributed by atoms with van der Waals surface area (Å²) in [5.41, 5.74) is 1.02. The molecular weight excluding hydrogens is 433 g/mol. The number of nitrogens with zero attached hydrogens (tertiary/aromatic N) is 4. The second-order valence-corrected chi connectivity index (χ2v) is 7.32. The van der Waals surface area contributed by atoms with Crippen LogP contribution in [0.2, 0.25) is 0 Å². The quantitative estimate of drug-likeness (QED) is 0.594. The maximum Gasteiger partial charge on any atom is 0.290 e. The lowest BCUT2D eigenvalue weighted by Crippen LogP contribution is -2.48. The molecule has 0 radical (unpaired) electrons. The Morgan fingerprint density at radius 2 is 2.17 bits per heavy atom. The minimum absolute atomic E-state index is 0. The molecule has 156 valence electrons. The zero-order valence-corrected chi connectivity index (χ0v) is 18.3. The number of amides is 1. The average molecular weight is 456 g/mol. The first-order valence-corrected chi connectivity index (χ1v) is 9.81. The van der Waals surface area contributed by atoms with Crippen molar-refractivity contribution in [2.45, 2.75) is 17.0 Å². The molecular formula is C19H23Cl2N5O2S. The first kappa shape index (κ1) is 23.3. The molecule has 10 heteroatoms. The number of nitrogens with one attached hydrogen (secondary N) is 1. The summed E-state index contributed by atoms with van der Waals surface area (Å²) in [6.07, 6.45) is 7.23. The van der Waals surface area contributed by atoms with E-state index in [9.17, 15) is 4.79 Å². The second kappa shape index (κ2) is 10.7. The van der Waals surface area contributed by atoms with Gasteiger partial charge in [0.15, 0.2) is 10.9 Å². The molecule has 1 amide bonds. The van der Waals surface area contributed by atoms with Crippen LogP contribution in [0, 0.1) is 0 Å². The van der Waals surface area contributed by atoms with Gasteiger partial charge in [0.25, 0.3) is 5.91 Å². The number of halogens is 2. The van der Waals surface area contributed by atoms with Crippen LogP contribution in [0.3, 0.4) is 0 Å². The van der Waals surface area contributed by atoms with Gasteiger partial charge in [-0.1, -0.05) is 17.8 Å². The molecule has 1 N–H and O–H groups in total. The standard InChI is InChI=1S/C19H21N5O2S.2ClH/c1-23-9-8-22-19(23)27-13-15-4-5-17(26-15)18(25)24-10-7-21-12-16(24)14-3-2-6-20-11-14;;/h2-6,8-9,11,16,21H,7,10,12-13H2,1H3;2*1H. The van der Waals surface area contributed by atoms with Crippen molar-refractivity contribution in [1.29, 1.82) is 0 Å². The Morgan fingerprint density at radius 3 is 2.90 bits per heavy atom. The molecule has 0 bridgehead atoms. The lowest BCUT2D eigenvalue weighted by atomic mass is 10.1. The van der Waals surface area contributed by atoms with E-state index in [0.717, 1.165) is 23.0 Å². The van der Waals surface area contributed by atoms with E-state index in [1.165, 1.54) is 0 Å². The van der Waals surface area contributed by atoms with Crippen LogP contribution >= 0.6 is 36.6 Å². The third kappa shape index (κ3) is 5.33. The highest BCUT2D eigenvalue weighted by Gasteiger charge is 2.30. The largest absolute Gasteiger partial charge is 0.455 e. The minimum atomic E-state index is -0.0846. The highest BCUT2D eigenvalue weighted by molar-refractivity contribution is 7.98. The van der Waals surface area contributed by atoms with Gasteiger partial charge in [-0.25, -0.2) is 4.98 Å². The van der Waals surface area contributed by atoms with Crippen molar-refractivity contribution in [3.63, 3.8) is 0 Å². The number of pyridine rings is 1. The van der Waals surface area contributed by atoms with Gasteiger partial charge in [-0.15, -0.1) is 24.8 Å². The van der Waals surface area contributed by atoms with Crippen molar-refractivity contribution < 1.29 is 9.21 Å². The van der Waals surface area contributed by atoms with Crippen molar-refractivity contribution in [1.82, 2.24) is 24.8 Å². The second-order valence-electron chi connectivity index (χ2n) is 6.38. The zero-order chi connectivity index (χ0) is 18.6. The Labute approximate surface area is 186 Å². The number of carbonyl (C=O) groups excluding carboxylic acids is 1. The lowest BCUT2D eigenvalue weighted by molar-refractivity contribution is 0.0600. The number of furan rings is 1. The molecule has 1 atom stereocenters. The fraction of sp³-hybridized carbons (Fsp3) is 0.316. The predicted molar refractivity (Wildman–Crippen MR) is 117 cm³/mol. The zero-order valence-electron chi connectivity index (χ0n) is 15.9. The summed E-state index contributed by atoms with van der Waals surface area (Å²) in [6.45, 7) is 2.11. The average Bonchev–Trinajstić information content (AvgIpc) is 3.35. The molecule has 3 aromatic heterocycles. The molecule has 1 saturated heterocycles. The van der Waals surface area contributed by atoms with E-state index in [-0.39, 0.29) is 36.8 Å².